The van der Waals surface area contributed by atoms with Crippen molar-refractivity contribution in [1.29, 1.82) is 0 Å². The van der Waals surface area contributed by atoms with E-state index in [0.29, 0.717) is 17.8 Å². The van der Waals surface area contributed by atoms with Gasteiger partial charge in [-0.1, -0.05) is 16.5 Å². The van der Waals surface area contributed by atoms with Gasteiger partial charge >= 0.3 is 5.97 Å². The van der Waals surface area contributed by atoms with E-state index in [9.17, 15) is 29.1 Å². The van der Waals surface area contributed by atoms with Gasteiger partial charge in [0.2, 0.25) is 17.3 Å². The predicted molar refractivity (Wildman–Crippen MR) is 147 cm³/mol. The number of hydrogen-bond acceptors (Lipinski definition) is 13. The molecule has 0 saturated carbocycles. The first-order chi connectivity index (χ1) is 20.1. The minimum atomic E-state index is -1.55. The second-order valence-corrected chi connectivity index (χ2v) is 11.9. The molecule has 220 valence electrons. The van der Waals surface area contributed by atoms with Crippen LogP contribution >= 0.6 is 34.4 Å². The van der Waals surface area contributed by atoms with E-state index >= 15 is 0 Å². The number of carboxylic acid groups (broad SMARTS) is 2. The van der Waals surface area contributed by atoms with Gasteiger partial charge in [0.25, 0.3) is 17.6 Å². The molecular formula is C23H22N8O8S3. The van der Waals surface area contributed by atoms with E-state index in [2.05, 4.69) is 20.8 Å². The maximum atomic E-state index is 13.2. The molecule has 2 aliphatic rings. The molecular weight excluding hydrogens is 613 g/mol. The number of fused-ring (bicyclic) bond motifs is 2. The standard InChI is InChI=1S/C23H22N8O8S3/c1-10(22(35)36)39-28-15(14-18(24)42-9-26-14)19(33)27-16-20(34)31-17(23(37)38)11(7-41-21(16)31)5-29-6-13-30(2-3-40-13)12(29)4-25-8-32/h2-3,6,8-10,16,21H,4-5,7H2,1H3,(H5-,24,25,27,28,32,33,35,36,37,38)/t10-,16+,21+/m0/s1. The summed E-state index contributed by atoms with van der Waals surface area (Å²) in [5, 5.41) is 31.4. The van der Waals surface area contributed by atoms with E-state index in [4.69, 9.17) is 15.7 Å². The van der Waals surface area contributed by atoms with Crippen molar-refractivity contribution < 1.29 is 43.6 Å². The van der Waals surface area contributed by atoms with Crippen LogP contribution < -0.4 is 26.0 Å². The van der Waals surface area contributed by atoms with Gasteiger partial charge in [-0.15, -0.1) is 23.1 Å². The lowest BCUT2D eigenvalue weighted by Gasteiger charge is -2.50. The Morgan fingerprint density at radius 3 is 2.86 bits per heavy atom. The molecule has 0 radical (unpaired) electrons. The van der Waals surface area contributed by atoms with Gasteiger partial charge in [0.15, 0.2) is 5.71 Å². The zero-order valence-electron chi connectivity index (χ0n) is 21.6. The first-order valence-corrected chi connectivity index (χ1v) is 14.9. The fraction of sp³-hybridized carbons (Fsp3) is 0.304. The molecule has 16 nitrogen and oxygen atoms in total. The molecule has 5 N–H and O–H groups in total. The Morgan fingerprint density at radius 2 is 2.19 bits per heavy atom. The Labute approximate surface area is 248 Å². The van der Waals surface area contributed by atoms with Crippen LogP contribution in [0.3, 0.4) is 0 Å². The highest BCUT2D eigenvalue weighted by Gasteiger charge is 2.53. The molecule has 2 aliphatic heterocycles. The molecule has 1 saturated heterocycles. The second-order valence-electron chi connectivity index (χ2n) is 8.97. The van der Waals surface area contributed by atoms with Crippen molar-refractivity contribution in [3.8, 4) is 0 Å². The zero-order valence-corrected chi connectivity index (χ0v) is 24.0. The van der Waals surface area contributed by atoms with Crippen LogP contribution in [0.15, 0.2) is 39.7 Å². The number of aliphatic carboxylic acids is 2. The van der Waals surface area contributed by atoms with Crippen molar-refractivity contribution >= 4 is 80.1 Å². The molecule has 3 atom stereocenters. The number of thiazole rings is 2. The average molecular weight is 635 g/mol. The number of nitrogen functional groups attached to an aromatic ring is 1. The summed E-state index contributed by atoms with van der Waals surface area (Å²) in [6, 6.07) is -1.12. The maximum absolute atomic E-state index is 13.2. The normalized spacial score (nSPS) is 19.2. The van der Waals surface area contributed by atoms with Crippen molar-refractivity contribution in [2.45, 2.75) is 37.5 Å². The summed E-state index contributed by atoms with van der Waals surface area (Å²) < 4.78 is 3.67. The largest absolute Gasteiger partial charge is 0.543 e. The molecule has 0 spiro atoms. The van der Waals surface area contributed by atoms with Crippen LogP contribution in [0, 0.1) is 0 Å². The van der Waals surface area contributed by atoms with Crippen molar-refractivity contribution in [3.63, 3.8) is 0 Å². The Morgan fingerprint density at radius 1 is 1.40 bits per heavy atom. The number of anilines is 1. The highest BCUT2D eigenvalue weighted by Crippen LogP contribution is 2.40. The minimum Gasteiger partial charge on any atom is -0.543 e. The van der Waals surface area contributed by atoms with E-state index in [1.54, 1.807) is 4.57 Å². The van der Waals surface area contributed by atoms with Crippen LogP contribution in [0.2, 0.25) is 0 Å². The third kappa shape index (κ3) is 5.28. The molecule has 19 heteroatoms. The van der Waals surface area contributed by atoms with Crippen molar-refractivity contribution in [3.05, 3.63) is 46.1 Å². The van der Waals surface area contributed by atoms with E-state index in [0.717, 1.165) is 21.1 Å². The highest BCUT2D eigenvalue weighted by atomic mass is 32.2. The summed E-state index contributed by atoms with van der Waals surface area (Å²) in [5.41, 5.74) is 6.87. The third-order valence-electron chi connectivity index (χ3n) is 6.43. The molecule has 0 unspecified atom stereocenters. The number of imidazole rings is 1. The number of carbonyl (C=O) groups is 5. The number of oxime groups is 1. The van der Waals surface area contributed by atoms with Gasteiger partial charge < -0.3 is 36.2 Å². The molecule has 0 bridgehead atoms. The van der Waals surface area contributed by atoms with E-state index < -0.39 is 47.0 Å². The first kappa shape index (κ1) is 29.0. The SMILES string of the molecule is C[C@H](O/N=C(\C(=O)N[C@@H]1C(=O)N2C(C(=O)[O-])=C(C[n+]3cc4sccn4c3CNC=O)CS[C@H]12)c1ncsc1N)C(=O)O. The van der Waals surface area contributed by atoms with Crippen LogP contribution in [0.4, 0.5) is 5.00 Å². The number of amides is 3. The van der Waals surface area contributed by atoms with Gasteiger partial charge in [0.05, 0.1) is 17.2 Å². The number of carbonyl (C=O) groups excluding carboxylic acids is 4. The molecule has 1 fully saturated rings. The molecule has 5 heterocycles. The summed E-state index contributed by atoms with van der Waals surface area (Å²) >= 11 is 3.72. The van der Waals surface area contributed by atoms with Crippen molar-refractivity contribution in [1.82, 2.24) is 24.9 Å². The molecule has 0 aromatic carbocycles. The number of carboxylic acids is 2. The molecule has 3 amide bonds. The number of thioether (sulfide) groups is 1. The van der Waals surface area contributed by atoms with Crippen LogP contribution in [-0.4, -0.2) is 78.5 Å². The third-order valence-corrected chi connectivity index (χ3v) is 9.23. The number of nitrogens with two attached hydrogens (primary N) is 1. The minimum absolute atomic E-state index is 0.0583. The lowest BCUT2D eigenvalue weighted by molar-refractivity contribution is -0.695. The summed E-state index contributed by atoms with van der Waals surface area (Å²) in [4.78, 5) is 71.6. The number of aromatic nitrogens is 3. The van der Waals surface area contributed by atoms with Crippen LogP contribution in [-0.2, 0) is 41.9 Å². The fourth-order valence-electron chi connectivity index (χ4n) is 4.41. The average Bonchev–Trinajstić information content (AvgIpc) is 3.67. The Kier molecular flexibility index (Phi) is 8.14. The maximum Gasteiger partial charge on any atom is 0.347 e. The smallest absolute Gasteiger partial charge is 0.347 e. The van der Waals surface area contributed by atoms with E-state index in [-0.39, 0.29) is 35.2 Å². The topological polar surface area (TPSA) is 225 Å². The van der Waals surface area contributed by atoms with Gasteiger partial charge in [-0.3, -0.25) is 19.3 Å². The summed E-state index contributed by atoms with van der Waals surface area (Å²) in [6.45, 7) is 1.52. The predicted octanol–water partition coefficient (Wildman–Crippen LogP) is -2.13. The highest BCUT2D eigenvalue weighted by molar-refractivity contribution is 8.00. The van der Waals surface area contributed by atoms with Crippen molar-refractivity contribution in [2.24, 2.45) is 5.16 Å². The molecule has 3 aromatic heterocycles. The first-order valence-electron chi connectivity index (χ1n) is 12.1. The van der Waals surface area contributed by atoms with Crippen LogP contribution in [0.1, 0.15) is 18.4 Å². The Balaban J connectivity index is 1.38. The van der Waals surface area contributed by atoms with E-state index in [1.807, 2.05) is 22.2 Å². The Hall–Kier alpha value is -4.49. The van der Waals surface area contributed by atoms with Crippen LogP contribution in [0.25, 0.3) is 4.83 Å². The monoisotopic (exact) mass is 634 g/mol. The number of hydrogen-bond donors (Lipinski definition) is 4. The number of nitrogens with zero attached hydrogens (tertiary/aromatic N) is 5. The fourth-order valence-corrected chi connectivity index (χ4v) is 7.07. The van der Waals surface area contributed by atoms with Gasteiger partial charge in [-0.05, 0) is 6.92 Å². The lowest BCUT2D eigenvalue weighted by Crippen LogP contribution is -2.71. The quantitative estimate of drug-likeness (QED) is 0.0553. The zero-order chi connectivity index (χ0) is 30.1. The van der Waals surface area contributed by atoms with Gasteiger partial charge in [0, 0.05) is 16.7 Å². The molecule has 0 aliphatic carbocycles. The molecule has 5 rings (SSSR count). The van der Waals surface area contributed by atoms with Crippen LogP contribution in [0.5, 0.6) is 0 Å². The van der Waals surface area contributed by atoms with Gasteiger partial charge in [-0.2, -0.15) is 4.40 Å². The summed E-state index contributed by atoms with van der Waals surface area (Å²) in [7, 11) is 0. The summed E-state index contributed by atoms with van der Waals surface area (Å²) in [5.74, 6) is -3.56. The lowest BCUT2D eigenvalue weighted by atomic mass is 10.0. The summed E-state index contributed by atoms with van der Waals surface area (Å²) in [6.07, 6.45) is 2.82. The number of nitrogens with one attached hydrogen (secondary N) is 2. The van der Waals surface area contributed by atoms with Gasteiger partial charge in [0.1, 0.15) is 47.6 Å². The van der Waals surface area contributed by atoms with Crippen molar-refractivity contribution in [2.75, 3.05) is 11.5 Å². The Bertz CT molecular complexity index is 1660. The second kappa shape index (κ2) is 11.8. The van der Waals surface area contributed by atoms with E-state index in [1.165, 1.54) is 35.5 Å². The molecule has 42 heavy (non-hydrogen) atoms. The molecule has 3 aromatic rings. The number of rotatable bonds is 12. The number of β-lactam (4-membered cyclic amide) rings is 1. The van der Waals surface area contributed by atoms with Gasteiger partial charge in [-0.25, -0.2) is 14.3 Å².